The third-order valence-electron chi connectivity index (χ3n) is 4.62. The molecule has 0 amide bonds. The average molecular weight is 528 g/mol. The number of benzene rings is 1. The van der Waals surface area contributed by atoms with Gasteiger partial charge in [0.05, 0.1) is 0 Å². The van der Waals surface area contributed by atoms with Gasteiger partial charge in [-0.2, -0.15) is 0 Å². The predicted molar refractivity (Wildman–Crippen MR) is 130 cm³/mol. The summed E-state index contributed by atoms with van der Waals surface area (Å²) in [4.78, 5) is 5.56. The lowest BCUT2D eigenvalue weighted by Gasteiger charge is -2.15. The zero-order chi connectivity index (χ0) is 19.9. The molecule has 1 atom stereocenters. The lowest BCUT2D eigenvalue weighted by molar-refractivity contribution is 0.184. The first-order valence-electron chi connectivity index (χ1n) is 9.62. The van der Waals surface area contributed by atoms with Gasteiger partial charge in [-0.15, -0.1) is 45.5 Å². The van der Waals surface area contributed by atoms with Crippen LogP contribution in [0.2, 0.25) is 0 Å². The molecule has 0 aliphatic carbocycles. The molecule has 2 aromatic heterocycles. The van der Waals surface area contributed by atoms with Gasteiger partial charge in [-0.05, 0) is 30.9 Å². The number of hydrogen-bond acceptors (Lipinski definition) is 5. The molecule has 3 aromatic rings. The fourth-order valence-electron chi connectivity index (χ4n) is 2.76. The Morgan fingerprint density at radius 1 is 1.28 bits per heavy atom. The summed E-state index contributed by atoms with van der Waals surface area (Å²) in [6.45, 7) is 5.72. The number of halogens is 1. The van der Waals surface area contributed by atoms with Crippen molar-refractivity contribution < 1.29 is 5.11 Å². The topological polar surface area (TPSA) is 87.4 Å². The molecule has 1 unspecified atom stereocenters. The van der Waals surface area contributed by atoms with Crippen LogP contribution in [0, 0.1) is 6.92 Å². The van der Waals surface area contributed by atoms with Gasteiger partial charge in [0.15, 0.2) is 11.8 Å². The van der Waals surface area contributed by atoms with Crippen molar-refractivity contribution >= 4 is 51.4 Å². The molecule has 2 heterocycles. The number of rotatable bonds is 8. The van der Waals surface area contributed by atoms with E-state index in [0.29, 0.717) is 19.0 Å². The summed E-state index contributed by atoms with van der Waals surface area (Å²) in [6, 6.07) is 10.2. The monoisotopic (exact) mass is 528 g/mol. The highest BCUT2D eigenvalue weighted by atomic mass is 127. The van der Waals surface area contributed by atoms with E-state index in [9.17, 15) is 5.11 Å². The van der Waals surface area contributed by atoms with Crippen LogP contribution in [0.15, 0.2) is 35.3 Å². The number of aliphatic hydroxyl groups is 1. The smallest absolute Gasteiger partial charge is 0.191 e. The molecule has 0 aliphatic rings. The highest BCUT2D eigenvalue weighted by Crippen LogP contribution is 2.29. The maximum absolute atomic E-state index is 10.6. The van der Waals surface area contributed by atoms with Gasteiger partial charge < -0.3 is 20.3 Å². The van der Waals surface area contributed by atoms with Gasteiger partial charge in [0, 0.05) is 29.7 Å². The second-order valence-corrected chi connectivity index (χ2v) is 7.87. The van der Waals surface area contributed by atoms with Crippen molar-refractivity contribution in [3.8, 4) is 0 Å². The first-order valence-corrected chi connectivity index (χ1v) is 10.4. The standard InChI is InChI=1S/C20H28N6OS.HI/c1-4-5-10-21-20(23-13-19-25-24-14(2)26(19)3)22-12-16(27)18-11-15-8-6-7-9-17(15)28-18;/h6-9,11,16,27H,4-5,10,12-13H2,1-3H3,(H2,21,22,23);1H. The minimum absolute atomic E-state index is 0. The van der Waals surface area contributed by atoms with E-state index in [-0.39, 0.29) is 24.0 Å². The molecule has 7 nitrogen and oxygen atoms in total. The quantitative estimate of drug-likeness (QED) is 0.180. The van der Waals surface area contributed by atoms with Crippen LogP contribution < -0.4 is 10.6 Å². The Morgan fingerprint density at radius 2 is 2.07 bits per heavy atom. The highest BCUT2D eigenvalue weighted by Gasteiger charge is 2.12. The number of aromatic nitrogens is 3. The molecular formula is C20H29IN6OS. The van der Waals surface area contributed by atoms with E-state index in [4.69, 9.17) is 0 Å². The number of nitrogens with one attached hydrogen (secondary N) is 2. The Balaban J connectivity index is 0.00000300. The fraction of sp³-hybridized carbons (Fsp3) is 0.450. The number of thiophene rings is 1. The summed E-state index contributed by atoms with van der Waals surface area (Å²) >= 11 is 1.62. The van der Waals surface area contributed by atoms with Crippen molar-refractivity contribution in [1.29, 1.82) is 0 Å². The van der Waals surface area contributed by atoms with Crippen LogP contribution in [0.1, 0.15) is 42.4 Å². The minimum atomic E-state index is -0.590. The molecule has 1 aromatic carbocycles. The fourth-order valence-corrected chi connectivity index (χ4v) is 3.81. The van der Waals surface area contributed by atoms with E-state index in [1.54, 1.807) is 11.3 Å². The van der Waals surface area contributed by atoms with Gasteiger partial charge >= 0.3 is 0 Å². The Morgan fingerprint density at radius 3 is 2.76 bits per heavy atom. The Hall–Kier alpha value is -1.72. The van der Waals surface area contributed by atoms with Gasteiger partial charge in [-0.25, -0.2) is 4.99 Å². The lowest BCUT2D eigenvalue weighted by Crippen LogP contribution is -2.40. The molecule has 0 bridgehead atoms. The average Bonchev–Trinajstić information content (AvgIpc) is 3.27. The minimum Gasteiger partial charge on any atom is -0.386 e. The molecule has 29 heavy (non-hydrogen) atoms. The maximum Gasteiger partial charge on any atom is 0.191 e. The van der Waals surface area contributed by atoms with Crippen LogP contribution in [0.5, 0.6) is 0 Å². The molecule has 0 radical (unpaired) electrons. The molecule has 3 N–H and O–H groups in total. The molecule has 0 spiro atoms. The Bertz CT molecular complexity index is 905. The van der Waals surface area contributed by atoms with Crippen molar-refractivity contribution in [3.05, 3.63) is 46.9 Å². The van der Waals surface area contributed by atoms with E-state index in [0.717, 1.165) is 41.3 Å². The zero-order valence-corrected chi connectivity index (χ0v) is 20.2. The first-order chi connectivity index (χ1) is 13.6. The SMILES string of the molecule is CCCCNC(=NCc1nnc(C)n1C)NCC(O)c1cc2ccccc2s1.I. The van der Waals surface area contributed by atoms with E-state index < -0.39 is 6.10 Å². The van der Waals surface area contributed by atoms with E-state index in [2.05, 4.69) is 50.9 Å². The van der Waals surface area contributed by atoms with Gasteiger partial charge in [0.2, 0.25) is 0 Å². The first kappa shape index (κ1) is 23.6. The summed E-state index contributed by atoms with van der Waals surface area (Å²) < 4.78 is 3.11. The van der Waals surface area contributed by atoms with Crippen molar-refractivity contribution in [2.45, 2.75) is 39.3 Å². The Labute approximate surface area is 192 Å². The van der Waals surface area contributed by atoms with E-state index >= 15 is 0 Å². The lowest BCUT2D eigenvalue weighted by atomic mass is 10.2. The number of aliphatic hydroxyl groups excluding tert-OH is 1. The van der Waals surface area contributed by atoms with Gasteiger partial charge in [0.25, 0.3) is 0 Å². The predicted octanol–water partition coefficient (Wildman–Crippen LogP) is 3.53. The molecule has 0 fully saturated rings. The molecule has 0 saturated carbocycles. The van der Waals surface area contributed by atoms with Gasteiger partial charge in [-0.3, -0.25) is 0 Å². The van der Waals surface area contributed by atoms with E-state index in [1.807, 2.05) is 30.7 Å². The second-order valence-electron chi connectivity index (χ2n) is 6.75. The molecular weight excluding hydrogens is 499 g/mol. The van der Waals surface area contributed by atoms with Crippen molar-refractivity contribution in [3.63, 3.8) is 0 Å². The van der Waals surface area contributed by atoms with Gasteiger partial charge in [-0.1, -0.05) is 31.5 Å². The summed E-state index contributed by atoms with van der Waals surface area (Å²) in [5.41, 5.74) is 0. The second kappa shape index (κ2) is 11.5. The molecule has 0 aliphatic heterocycles. The highest BCUT2D eigenvalue weighted by molar-refractivity contribution is 14.0. The summed E-state index contributed by atoms with van der Waals surface area (Å²) in [5, 5.41) is 26.6. The molecule has 9 heteroatoms. The van der Waals surface area contributed by atoms with Crippen molar-refractivity contribution in [2.24, 2.45) is 12.0 Å². The number of fused-ring (bicyclic) bond motifs is 1. The number of aryl methyl sites for hydroxylation is 1. The van der Waals surface area contributed by atoms with E-state index in [1.165, 1.54) is 4.70 Å². The number of nitrogens with zero attached hydrogens (tertiary/aromatic N) is 4. The van der Waals surface area contributed by atoms with Crippen molar-refractivity contribution in [2.75, 3.05) is 13.1 Å². The Kier molecular flexibility index (Phi) is 9.31. The largest absolute Gasteiger partial charge is 0.386 e. The van der Waals surface area contributed by atoms with Crippen LogP contribution in [0.25, 0.3) is 10.1 Å². The number of aliphatic imine (C=N–C) groups is 1. The number of guanidine groups is 1. The third kappa shape index (κ3) is 6.38. The molecule has 3 rings (SSSR count). The molecule has 0 saturated heterocycles. The van der Waals surface area contributed by atoms with Gasteiger partial charge in [0.1, 0.15) is 18.5 Å². The number of hydrogen-bond donors (Lipinski definition) is 3. The molecule has 158 valence electrons. The van der Waals surface area contributed by atoms with Crippen LogP contribution in [0.3, 0.4) is 0 Å². The summed E-state index contributed by atoms with van der Waals surface area (Å²) in [6.07, 6.45) is 1.57. The van der Waals surface area contributed by atoms with Crippen LogP contribution in [-0.2, 0) is 13.6 Å². The number of unbranched alkanes of at least 4 members (excludes halogenated alkanes) is 1. The summed E-state index contributed by atoms with van der Waals surface area (Å²) in [7, 11) is 1.93. The zero-order valence-electron chi connectivity index (χ0n) is 17.1. The van der Waals surface area contributed by atoms with Crippen molar-refractivity contribution in [1.82, 2.24) is 25.4 Å². The third-order valence-corrected chi connectivity index (χ3v) is 5.84. The normalized spacial score (nSPS) is 12.6. The maximum atomic E-state index is 10.6. The van der Waals surface area contributed by atoms with Crippen LogP contribution in [-0.4, -0.2) is 38.9 Å². The van der Waals surface area contributed by atoms with Crippen LogP contribution >= 0.6 is 35.3 Å². The van der Waals surface area contributed by atoms with Crippen LogP contribution in [0.4, 0.5) is 0 Å². The summed E-state index contributed by atoms with van der Waals surface area (Å²) in [5.74, 6) is 2.34.